The summed E-state index contributed by atoms with van der Waals surface area (Å²) >= 11 is 0. The van der Waals surface area contributed by atoms with Crippen LogP contribution in [-0.4, -0.2) is 18.2 Å². The van der Waals surface area contributed by atoms with Gasteiger partial charge in [0.1, 0.15) is 11.5 Å². The van der Waals surface area contributed by atoms with Crippen molar-refractivity contribution in [2.45, 2.75) is 26.9 Å². The molecule has 0 atom stereocenters. The summed E-state index contributed by atoms with van der Waals surface area (Å²) in [5, 5.41) is 15.4. The van der Waals surface area contributed by atoms with Crippen molar-refractivity contribution in [2.75, 3.05) is 7.11 Å². The third-order valence-electron chi connectivity index (χ3n) is 3.62. The number of phenolic OH excluding ortho intramolecular Hbond substituents is 1. The van der Waals surface area contributed by atoms with Crippen molar-refractivity contribution < 1.29 is 14.6 Å². The van der Waals surface area contributed by atoms with Crippen LogP contribution in [0.2, 0.25) is 0 Å². The molecular weight excluding hydrogens is 292 g/mol. The molecule has 5 nitrogen and oxygen atoms in total. The molecule has 2 aromatic rings. The highest BCUT2D eigenvalue weighted by Gasteiger charge is 2.05. The van der Waals surface area contributed by atoms with E-state index in [0.717, 1.165) is 28.0 Å². The van der Waals surface area contributed by atoms with E-state index in [9.17, 15) is 9.90 Å². The molecule has 0 aromatic heterocycles. The minimum absolute atomic E-state index is 0.232. The van der Waals surface area contributed by atoms with Crippen molar-refractivity contribution in [3.63, 3.8) is 0 Å². The molecule has 2 aromatic carbocycles. The highest BCUT2D eigenvalue weighted by Crippen LogP contribution is 2.22. The Morgan fingerprint density at radius 3 is 2.04 bits per heavy atom. The maximum absolute atomic E-state index is 11.9. The summed E-state index contributed by atoms with van der Waals surface area (Å²) in [6, 6.07) is 11.0. The predicted octanol–water partition coefficient (Wildman–Crippen LogP) is 3.02. The third kappa shape index (κ3) is 4.64. The number of hydrogen-bond acceptors (Lipinski definition) is 3. The molecule has 5 heteroatoms. The van der Waals surface area contributed by atoms with Crippen LogP contribution in [0.5, 0.6) is 11.5 Å². The summed E-state index contributed by atoms with van der Waals surface area (Å²) in [7, 11) is 1.62. The highest BCUT2D eigenvalue weighted by atomic mass is 16.5. The second-order valence-electron chi connectivity index (χ2n) is 5.46. The van der Waals surface area contributed by atoms with Gasteiger partial charge < -0.3 is 20.5 Å². The lowest BCUT2D eigenvalue weighted by molar-refractivity contribution is 0.240. The van der Waals surface area contributed by atoms with Crippen molar-refractivity contribution in [3.05, 3.63) is 58.7 Å². The van der Waals surface area contributed by atoms with Gasteiger partial charge in [0, 0.05) is 13.1 Å². The molecule has 0 aliphatic rings. The summed E-state index contributed by atoms with van der Waals surface area (Å²) in [5.74, 6) is 1.09. The maximum atomic E-state index is 11.9. The second kappa shape index (κ2) is 7.54. The SMILES string of the molecule is COc1ccc(CNC(=O)NCc2cc(C)c(O)c(C)c2)cc1. The number of rotatable bonds is 5. The van der Waals surface area contributed by atoms with Gasteiger partial charge >= 0.3 is 6.03 Å². The number of nitrogens with one attached hydrogen (secondary N) is 2. The molecule has 2 amide bonds. The van der Waals surface area contributed by atoms with Gasteiger partial charge in [0.05, 0.1) is 7.11 Å². The molecule has 0 aliphatic carbocycles. The van der Waals surface area contributed by atoms with E-state index < -0.39 is 0 Å². The molecular formula is C18H22N2O3. The van der Waals surface area contributed by atoms with Crippen molar-refractivity contribution in [2.24, 2.45) is 0 Å². The number of carbonyl (C=O) groups excluding carboxylic acids is 1. The lowest BCUT2D eigenvalue weighted by Crippen LogP contribution is -2.34. The molecule has 122 valence electrons. The fraction of sp³-hybridized carbons (Fsp3) is 0.278. The normalized spacial score (nSPS) is 10.2. The first kappa shape index (κ1) is 16.7. The average Bonchev–Trinajstić information content (AvgIpc) is 2.56. The van der Waals surface area contributed by atoms with Crippen molar-refractivity contribution in [1.82, 2.24) is 10.6 Å². The fourth-order valence-electron chi connectivity index (χ4n) is 2.32. The lowest BCUT2D eigenvalue weighted by Gasteiger charge is -2.10. The van der Waals surface area contributed by atoms with Crippen LogP contribution in [0.25, 0.3) is 0 Å². The van der Waals surface area contributed by atoms with Crippen LogP contribution < -0.4 is 15.4 Å². The number of benzene rings is 2. The number of hydrogen-bond donors (Lipinski definition) is 3. The Morgan fingerprint density at radius 2 is 1.52 bits per heavy atom. The lowest BCUT2D eigenvalue weighted by atomic mass is 10.1. The smallest absolute Gasteiger partial charge is 0.315 e. The van der Waals surface area contributed by atoms with Crippen molar-refractivity contribution in [1.29, 1.82) is 0 Å². The van der Waals surface area contributed by atoms with Crippen molar-refractivity contribution >= 4 is 6.03 Å². The van der Waals surface area contributed by atoms with E-state index in [1.807, 2.05) is 50.2 Å². The standard InChI is InChI=1S/C18H22N2O3/c1-12-8-15(9-13(2)17(12)21)11-20-18(22)19-10-14-4-6-16(23-3)7-5-14/h4-9,21H,10-11H2,1-3H3,(H2,19,20,22). The predicted molar refractivity (Wildman–Crippen MR) is 89.7 cm³/mol. The summed E-state index contributed by atoms with van der Waals surface area (Å²) in [4.78, 5) is 11.9. The number of aryl methyl sites for hydroxylation is 2. The van der Waals surface area contributed by atoms with E-state index in [4.69, 9.17) is 4.74 Å². The zero-order chi connectivity index (χ0) is 16.8. The number of amides is 2. The van der Waals surface area contributed by atoms with E-state index in [0.29, 0.717) is 18.8 Å². The molecule has 0 radical (unpaired) electrons. The first-order valence-corrected chi connectivity index (χ1v) is 7.43. The molecule has 0 fully saturated rings. The van der Waals surface area contributed by atoms with E-state index in [1.54, 1.807) is 7.11 Å². The van der Waals surface area contributed by atoms with Gasteiger partial charge in [-0.3, -0.25) is 0 Å². The molecule has 0 aliphatic heterocycles. The van der Waals surface area contributed by atoms with Gasteiger partial charge in [-0.2, -0.15) is 0 Å². The van der Waals surface area contributed by atoms with Crippen molar-refractivity contribution in [3.8, 4) is 11.5 Å². The van der Waals surface area contributed by atoms with E-state index in [2.05, 4.69) is 10.6 Å². The van der Waals surface area contributed by atoms with Crippen LogP contribution >= 0.6 is 0 Å². The number of carbonyl (C=O) groups is 1. The number of phenols is 1. The summed E-state index contributed by atoms with van der Waals surface area (Å²) in [6.07, 6.45) is 0. The molecule has 0 saturated carbocycles. The molecule has 23 heavy (non-hydrogen) atoms. The summed E-state index contributed by atoms with van der Waals surface area (Å²) in [5.41, 5.74) is 3.57. The molecule has 0 heterocycles. The molecule has 2 rings (SSSR count). The fourth-order valence-corrected chi connectivity index (χ4v) is 2.32. The topological polar surface area (TPSA) is 70.6 Å². The number of ether oxygens (including phenoxy) is 1. The first-order chi connectivity index (χ1) is 11.0. The zero-order valence-electron chi connectivity index (χ0n) is 13.6. The summed E-state index contributed by atoms with van der Waals surface area (Å²) < 4.78 is 5.09. The van der Waals surface area contributed by atoms with Crippen LogP contribution in [0.15, 0.2) is 36.4 Å². The van der Waals surface area contributed by atoms with E-state index in [1.165, 1.54) is 0 Å². The Balaban J connectivity index is 1.83. The Bertz CT molecular complexity index is 658. The van der Waals surface area contributed by atoms with Crippen LogP contribution in [0, 0.1) is 13.8 Å². The van der Waals surface area contributed by atoms with Gasteiger partial charge in [-0.1, -0.05) is 24.3 Å². The zero-order valence-corrected chi connectivity index (χ0v) is 13.6. The Hall–Kier alpha value is -2.69. The number of methoxy groups -OCH3 is 1. The quantitative estimate of drug-likeness (QED) is 0.794. The number of urea groups is 1. The van der Waals surface area contributed by atoms with E-state index >= 15 is 0 Å². The van der Waals surface area contributed by atoms with Crippen LogP contribution in [-0.2, 0) is 13.1 Å². The molecule has 0 saturated heterocycles. The molecule has 3 N–H and O–H groups in total. The highest BCUT2D eigenvalue weighted by molar-refractivity contribution is 5.73. The first-order valence-electron chi connectivity index (χ1n) is 7.43. The van der Waals surface area contributed by atoms with Gasteiger partial charge in [-0.15, -0.1) is 0 Å². The minimum atomic E-state index is -0.232. The molecule has 0 spiro atoms. The van der Waals surface area contributed by atoms with Gasteiger partial charge in [0.2, 0.25) is 0 Å². The van der Waals surface area contributed by atoms with Crippen LogP contribution in [0.1, 0.15) is 22.3 Å². The Labute approximate surface area is 136 Å². The largest absolute Gasteiger partial charge is 0.507 e. The minimum Gasteiger partial charge on any atom is -0.507 e. The van der Waals surface area contributed by atoms with Crippen LogP contribution in [0.3, 0.4) is 0 Å². The van der Waals surface area contributed by atoms with Gasteiger partial charge in [0.25, 0.3) is 0 Å². The third-order valence-corrected chi connectivity index (χ3v) is 3.62. The van der Waals surface area contributed by atoms with Gasteiger partial charge in [0.15, 0.2) is 0 Å². The Morgan fingerprint density at radius 1 is 1.00 bits per heavy atom. The van der Waals surface area contributed by atoms with Crippen LogP contribution in [0.4, 0.5) is 4.79 Å². The molecule has 0 bridgehead atoms. The van der Waals surface area contributed by atoms with Gasteiger partial charge in [-0.05, 0) is 48.2 Å². The maximum Gasteiger partial charge on any atom is 0.315 e. The van der Waals surface area contributed by atoms with Gasteiger partial charge in [-0.25, -0.2) is 4.79 Å². The monoisotopic (exact) mass is 314 g/mol. The Kier molecular flexibility index (Phi) is 5.46. The average molecular weight is 314 g/mol. The van der Waals surface area contributed by atoms with E-state index in [-0.39, 0.29) is 6.03 Å². The summed E-state index contributed by atoms with van der Waals surface area (Å²) in [6.45, 7) is 4.55. The molecule has 0 unspecified atom stereocenters. The second-order valence-corrected chi connectivity index (χ2v) is 5.46. The number of aromatic hydroxyl groups is 1.